The fraction of sp³-hybridized carbons (Fsp3) is 0.379. The lowest BCUT2D eigenvalue weighted by molar-refractivity contribution is 0.117. The normalized spacial score (nSPS) is 20.8. The third kappa shape index (κ3) is 4.45. The van der Waals surface area contributed by atoms with Crippen molar-refractivity contribution in [1.29, 1.82) is 0 Å². The van der Waals surface area contributed by atoms with Gasteiger partial charge >= 0.3 is 0 Å². The molecule has 3 heterocycles. The molecule has 5 heteroatoms. The van der Waals surface area contributed by atoms with Gasteiger partial charge in [0.05, 0.1) is 0 Å². The number of aromatic nitrogens is 3. The first-order chi connectivity index (χ1) is 16.8. The molecule has 2 fully saturated rings. The van der Waals surface area contributed by atoms with Gasteiger partial charge in [0.2, 0.25) is 0 Å². The van der Waals surface area contributed by atoms with E-state index < -0.39 is 0 Å². The monoisotopic (exact) mass is 452 g/mol. The Morgan fingerprint density at radius 1 is 0.941 bits per heavy atom. The molecular formula is C29H32N4O. The Morgan fingerprint density at radius 2 is 1.79 bits per heavy atom. The molecule has 0 N–H and O–H groups in total. The van der Waals surface area contributed by atoms with Crippen molar-refractivity contribution in [2.75, 3.05) is 19.6 Å². The van der Waals surface area contributed by atoms with Crippen LogP contribution in [0.15, 0.2) is 73.3 Å². The average molecular weight is 453 g/mol. The first-order valence-electron chi connectivity index (χ1n) is 12.6. The largest absolute Gasteiger partial charge is 0.489 e. The summed E-state index contributed by atoms with van der Waals surface area (Å²) in [5.74, 6) is 1.69. The van der Waals surface area contributed by atoms with E-state index in [0.29, 0.717) is 12.6 Å². The minimum atomic E-state index is 0.526. The Morgan fingerprint density at radius 3 is 2.65 bits per heavy atom. The van der Waals surface area contributed by atoms with Crippen molar-refractivity contribution >= 4 is 11.0 Å². The molecule has 2 aliphatic rings. The van der Waals surface area contributed by atoms with Gasteiger partial charge < -0.3 is 14.2 Å². The molecule has 0 unspecified atom stereocenters. The van der Waals surface area contributed by atoms with E-state index in [4.69, 9.17) is 4.74 Å². The summed E-state index contributed by atoms with van der Waals surface area (Å²) in [6.45, 7) is 4.40. The molecule has 6 rings (SSSR count). The maximum atomic E-state index is 6.10. The number of fused-ring (bicyclic) bond motifs is 1. The van der Waals surface area contributed by atoms with E-state index in [2.05, 4.69) is 56.0 Å². The first kappa shape index (κ1) is 21.4. The minimum Gasteiger partial charge on any atom is -0.489 e. The maximum absolute atomic E-state index is 6.10. The van der Waals surface area contributed by atoms with Crippen LogP contribution in [0.3, 0.4) is 0 Å². The van der Waals surface area contributed by atoms with Crippen LogP contribution < -0.4 is 4.74 Å². The third-order valence-electron chi connectivity index (χ3n) is 7.46. The van der Waals surface area contributed by atoms with Crippen LogP contribution in [-0.2, 0) is 6.61 Å². The molecule has 1 saturated heterocycles. The molecule has 2 aromatic heterocycles. The summed E-state index contributed by atoms with van der Waals surface area (Å²) in [6.07, 6.45) is 12.5. The Balaban J connectivity index is 1.20. The van der Waals surface area contributed by atoms with Crippen molar-refractivity contribution in [3.8, 4) is 16.9 Å². The van der Waals surface area contributed by atoms with E-state index in [9.17, 15) is 0 Å². The number of hydrogen-bond donors (Lipinski definition) is 0. The minimum absolute atomic E-state index is 0.526. The molecular weight excluding hydrogens is 420 g/mol. The number of nitrogens with zero attached hydrogens (tertiary/aromatic N) is 4. The number of likely N-dealkylation sites (tertiary alicyclic amines) is 1. The van der Waals surface area contributed by atoms with Gasteiger partial charge in [0, 0.05) is 35.9 Å². The average Bonchev–Trinajstić information content (AvgIpc) is 3.25. The summed E-state index contributed by atoms with van der Waals surface area (Å²) in [5, 5.41) is 1.11. The Kier molecular flexibility index (Phi) is 6.02. The van der Waals surface area contributed by atoms with Crippen molar-refractivity contribution < 1.29 is 4.74 Å². The smallest absolute Gasteiger partial charge is 0.144 e. The van der Waals surface area contributed by atoms with E-state index >= 15 is 0 Å². The highest BCUT2D eigenvalue weighted by Crippen LogP contribution is 2.42. The number of piperidine rings is 1. The highest BCUT2D eigenvalue weighted by molar-refractivity contribution is 5.93. The fourth-order valence-electron chi connectivity index (χ4n) is 5.58. The molecule has 2 aromatic carbocycles. The Hall–Kier alpha value is -3.18. The van der Waals surface area contributed by atoms with Gasteiger partial charge in [-0.1, -0.05) is 48.9 Å². The van der Waals surface area contributed by atoms with Gasteiger partial charge in [0.15, 0.2) is 0 Å². The maximum Gasteiger partial charge on any atom is 0.144 e. The summed E-state index contributed by atoms with van der Waals surface area (Å²) in [4.78, 5) is 11.7. The molecule has 0 bridgehead atoms. The molecule has 4 aromatic rings. The molecule has 1 aliphatic heterocycles. The van der Waals surface area contributed by atoms with Gasteiger partial charge in [-0.05, 0) is 68.0 Å². The highest BCUT2D eigenvalue weighted by Gasteiger charge is 2.33. The first-order valence-corrected chi connectivity index (χ1v) is 12.6. The van der Waals surface area contributed by atoms with Gasteiger partial charge in [0.1, 0.15) is 24.3 Å². The molecule has 0 atom stereocenters. The van der Waals surface area contributed by atoms with Crippen LogP contribution in [0.4, 0.5) is 0 Å². The molecule has 1 aliphatic carbocycles. The second-order valence-electron chi connectivity index (χ2n) is 9.86. The zero-order valence-corrected chi connectivity index (χ0v) is 19.6. The Bertz CT molecular complexity index is 1240. The SMILES string of the molecule is c1ccc(COc2cccc(-c3cn(C4CC(CN5CCCCC5)C4)c4ncncc34)c2)cc1. The lowest BCUT2D eigenvalue weighted by atomic mass is 9.79. The van der Waals surface area contributed by atoms with Crippen LogP contribution in [0.1, 0.15) is 43.7 Å². The van der Waals surface area contributed by atoms with Crippen molar-refractivity contribution in [2.24, 2.45) is 5.92 Å². The van der Waals surface area contributed by atoms with Crippen molar-refractivity contribution in [1.82, 2.24) is 19.4 Å². The molecule has 34 heavy (non-hydrogen) atoms. The van der Waals surface area contributed by atoms with Crippen molar-refractivity contribution in [2.45, 2.75) is 44.8 Å². The lowest BCUT2D eigenvalue weighted by Crippen LogP contribution is -2.39. The van der Waals surface area contributed by atoms with Gasteiger partial charge in [-0.25, -0.2) is 9.97 Å². The fourth-order valence-corrected chi connectivity index (χ4v) is 5.58. The van der Waals surface area contributed by atoms with Crippen molar-refractivity contribution in [3.05, 3.63) is 78.9 Å². The van der Waals surface area contributed by atoms with Gasteiger partial charge in [-0.15, -0.1) is 0 Å². The van der Waals surface area contributed by atoms with Gasteiger partial charge in [0.25, 0.3) is 0 Å². The standard InChI is InChI=1S/C29H32N4O/c1-3-8-22(9-4-1)20-34-26-11-7-10-24(16-26)28-19-33(29-27(28)17-30-21-31-29)25-14-23(15-25)18-32-12-5-2-6-13-32/h1,3-4,7-11,16-17,19,21,23,25H,2,5-6,12-15,18,20H2. The number of ether oxygens (including phenoxy) is 1. The van der Waals surface area contributed by atoms with E-state index in [1.807, 2.05) is 30.5 Å². The highest BCUT2D eigenvalue weighted by atomic mass is 16.5. The Labute approximate surface area is 201 Å². The van der Waals surface area contributed by atoms with E-state index in [-0.39, 0.29) is 0 Å². The van der Waals surface area contributed by atoms with Crippen LogP contribution in [0.5, 0.6) is 5.75 Å². The molecule has 174 valence electrons. The predicted octanol–water partition coefficient (Wildman–Crippen LogP) is 6.11. The van der Waals surface area contributed by atoms with Crippen molar-refractivity contribution in [3.63, 3.8) is 0 Å². The van der Waals surface area contributed by atoms with Crippen LogP contribution in [0.25, 0.3) is 22.2 Å². The van der Waals surface area contributed by atoms with Gasteiger partial charge in [-0.3, -0.25) is 0 Å². The summed E-state index contributed by atoms with van der Waals surface area (Å²) < 4.78 is 8.50. The molecule has 0 amide bonds. The van der Waals surface area contributed by atoms with Crippen LogP contribution in [-0.4, -0.2) is 39.1 Å². The predicted molar refractivity (Wildman–Crippen MR) is 136 cm³/mol. The van der Waals surface area contributed by atoms with Crippen LogP contribution in [0, 0.1) is 5.92 Å². The molecule has 1 saturated carbocycles. The molecule has 5 nitrogen and oxygen atoms in total. The number of rotatable bonds is 7. The zero-order chi connectivity index (χ0) is 22.7. The van der Waals surface area contributed by atoms with Crippen LogP contribution in [0.2, 0.25) is 0 Å². The van der Waals surface area contributed by atoms with Gasteiger partial charge in [-0.2, -0.15) is 0 Å². The summed E-state index contributed by atoms with van der Waals surface area (Å²) in [6, 6.07) is 19.2. The zero-order valence-electron chi connectivity index (χ0n) is 19.6. The number of hydrogen-bond acceptors (Lipinski definition) is 4. The lowest BCUT2D eigenvalue weighted by Gasteiger charge is -2.40. The summed E-state index contributed by atoms with van der Waals surface area (Å²) >= 11 is 0. The topological polar surface area (TPSA) is 43.2 Å². The second kappa shape index (κ2) is 9.59. The summed E-state index contributed by atoms with van der Waals surface area (Å²) in [5.41, 5.74) is 4.54. The second-order valence-corrected chi connectivity index (χ2v) is 9.86. The van der Waals surface area contributed by atoms with Crippen LogP contribution >= 0.6 is 0 Å². The molecule has 0 radical (unpaired) electrons. The van der Waals surface area contributed by atoms with E-state index in [1.165, 1.54) is 62.9 Å². The number of benzene rings is 2. The van der Waals surface area contributed by atoms with E-state index in [0.717, 1.165) is 28.3 Å². The molecule has 0 spiro atoms. The third-order valence-corrected chi connectivity index (χ3v) is 7.46. The summed E-state index contributed by atoms with van der Waals surface area (Å²) in [7, 11) is 0. The quantitative estimate of drug-likeness (QED) is 0.339. The van der Waals surface area contributed by atoms with E-state index in [1.54, 1.807) is 6.33 Å².